The van der Waals surface area contributed by atoms with Crippen LogP contribution in [0.1, 0.15) is 6.42 Å². The van der Waals surface area contributed by atoms with Crippen molar-refractivity contribution in [3.05, 3.63) is 0 Å². The predicted molar refractivity (Wildman–Crippen MR) is 40.6 cm³/mol. The zero-order valence-electron chi connectivity index (χ0n) is 5.93. The standard InChI is InChI=1S/C6H10BrF2NO/c7-10-2-1-5(3-11)6(8,9)4-10/h5,11H,1-4H2. The van der Waals surface area contributed by atoms with Gasteiger partial charge in [-0.25, -0.2) is 12.7 Å². The summed E-state index contributed by atoms with van der Waals surface area (Å²) in [5.41, 5.74) is 0. The van der Waals surface area contributed by atoms with E-state index in [1.807, 2.05) is 0 Å². The van der Waals surface area contributed by atoms with E-state index in [0.717, 1.165) is 0 Å². The predicted octanol–water partition coefficient (Wildman–Crippen LogP) is 1.25. The quantitative estimate of drug-likeness (QED) is 0.685. The Morgan fingerprint density at radius 2 is 2.27 bits per heavy atom. The molecule has 0 aliphatic carbocycles. The van der Waals surface area contributed by atoms with Crippen LogP contribution >= 0.6 is 16.1 Å². The molecule has 5 heteroatoms. The van der Waals surface area contributed by atoms with Crippen molar-refractivity contribution in [3.8, 4) is 0 Å². The lowest BCUT2D eigenvalue weighted by Gasteiger charge is -2.34. The molecule has 11 heavy (non-hydrogen) atoms. The van der Waals surface area contributed by atoms with Gasteiger partial charge in [0.15, 0.2) is 0 Å². The Balaban J connectivity index is 2.56. The number of hydrogen-bond donors (Lipinski definition) is 1. The maximum absolute atomic E-state index is 12.9. The second-order valence-electron chi connectivity index (χ2n) is 2.77. The molecule has 0 bridgehead atoms. The number of aliphatic hydroxyl groups is 1. The van der Waals surface area contributed by atoms with E-state index in [0.29, 0.717) is 13.0 Å². The van der Waals surface area contributed by atoms with E-state index in [-0.39, 0.29) is 6.54 Å². The molecule has 0 aromatic rings. The van der Waals surface area contributed by atoms with Gasteiger partial charge in [-0.15, -0.1) is 0 Å². The average molecular weight is 230 g/mol. The fourth-order valence-corrected chi connectivity index (χ4v) is 1.71. The summed E-state index contributed by atoms with van der Waals surface area (Å²) < 4.78 is 27.2. The number of aliphatic hydroxyl groups excluding tert-OH is 1. The molecule has 0 amide bonds. The highest BCUT2D eigenvalue weighted by Crippen LogP contribution is 2.33. The first-order valence-electron chi connectivity index (χ1n) is 3.45. The first-order chi connectivity index (χ1) is 5.06. The summed E-state index contributed by atoms with van der Waals surface area (Å²) in [5, 5.41) is 8.60. The van der Waals surface area contributed by atoms with Crippen LogP contribution in [0.2, 0.25) is 0 Å². The number of piperidine rings is 1. The Kier molecular flexibility index (Phi) is 2.83. The molecule has 66 valence electrons. The van der Waals surface area contributed by atoms with Gasteiger partial charge in [0.25, 0.3) is 5.92 Å². The van der Waals surface area contributed by atoms with Crippen molar-refractivity contribution in [2.75, 3.05) is 19.7 Å². The lowest BCUT2D eigenvalue weighted by atomic mass is 9.95. The minimum atomic E-state index is -2.75. The maximum Gasteiger partial charge on any atom is 0.266 e. The molecule has 1 N–H and O–H groups in total. The van der Waals surface area contributed by atoms with E-state index in [1.165, 1.54) is 3.93 Å². The molecule has 1 rings (SSSR count). The Bertz CT molecular complexity index is 145. The fraction of sp³-hybridized carbons (Fsp3) is 1.00. The summed E-state index contributed by atoms with van der Waals surface area (Å²) in [6.45, 7) is -0.160. The fourth-order valence-electron chi connectivity index (χ4n) is 1.17. The van der Waals surface area contributed by atoms with Gasteiger partial charge in [0.1, 0.15) is 0 Å². The molecule has 1 atom stereocenters. The van der Waals surface area contributed by atoms with Crippen molar-refractivity contribution in [3.63, 3.8) is 0 Å². The molecule has 1 fully saturated rings. The largest absolute Gasteiger partial charge is 0.396 e. The van der Waals surface area contributed by atoms with Gasteiger partial charge in [-0.1, -0.05) is 0 Å². The zero-order chi connectivity index (χ0) is 8.48. The third kappa shape index (κ3) is 2.10. The second-order valence-corrected chi connectivity index (χ2v) is 3.78. The van der Waals surface area contributed by atoms with E-state index in [9.17, 15) is 8.78 Å². The molecular weight excluding hydrogens is 220 g/mol. The number of nitrogens with zero attached hydrogens (tertiary/aromatic N) is 1. The van der Waals surface area contributed by atoms with E-state index in [2.05, 4.69) is 16.1 Å². The minimum Gasteiger partial charge on any atom is -0.396 e. The van der Waals surface area contributed by atoms with Gasteiger partial charge in [-0.2, -0.15) is 0 Å². The summed E-state index contributed by atoms with van der Waals surface area (Å²) in [5.74, 6) is -3.62. The number of alkyl halides is 2. The normalized spacial score (nSPS) is 32.2. The Morgan fingerprint density at radius 1 is 1.64 bits per heavy atom. The minimum absolute atomic E-state index is 0.307. The van der Waals surface area contributed by atoms with Crippen LogP contribution in [0.4, 0.5) is 8.78 Å². The Morgan fingerprint density at radius 3 is 2.73 bits per heavy atom. The van der Waals surface area contributed by atoms with E-state index in [1.54, 1.807) is 0 Å². The van der Waals surface area contributed by atoms with Crippen molar-refractivity contribution >= 4 is 16.1 Å². The van der Waals surface area contributed by atoms with Crippen LogP contribution in [0.25, 0.3) is 0 Å². The van der Waals surface area contributed by atoms with Gasteiger partial charge in [-0.3, -0.25) is 0 Å². The molecule has 1 heterocycles. The molecule has 1 saturated heterocycles. The van der Waals surface area contributed by atoms with Crippen LogP contribution in [0, 0.1) is 5.92 Å². The van der Waals surface area contributed by atoms with E-state index < -0.39 is 18.4 Å². The first kappa shape index (κ1) is 9.35. The van der Waals surface area contributed by atoms with Crippen LogP contribution in [-0.4, -0.2) is 34.7 Å². The molecule has 0 spiro atoms. The number of hydrogen-bond acceptors (Lipinski definition) is 2. The highest BCUT2D eigenvalue weighted by atomic mass is 79.9. The number of halogens is 3. The molecule has 2 nitrogen and oxygen atoms in total. The summed E-state index contributed by atoms with van der Waals surface area (Å²) in [6.07, 6.45) is 0.342. The Hall–Kier alpha value is 0.260. The summed E-state index contributed by atoms with van der Waals surface area (Å²) in [4.78, 5) is 0. The van der Waals surface area contributed by atoms with E-state index >= 15 is 0 Å². The highest BCUT2D eigenvalue weighted by Gasteiger charge is 2.43. The third-order valence-electron chi connectivity index (χ3n) is 1.92. The second kappa shape index (κ2) is 3.33. The summed E-state index contributed by atoms with van der Waals surface area (Å²) in [6, 6.07) is 0. The topological polar surface area (TPSA) is 23.5 Å². The monoisotopic (exact) mass is 229 g/mol. The first-order valence-corrected chi connectivity index (χ1v) is 4.16. The molecule has 1 aliphatic rings. The number of rotatable bonds is 1. The van der Waals surface area contributed by atoms with Crippen molar-refractivity contribution in [1.29, 1.82) is 0 Å². The van der Waals surface area contributed by atoms with Gasteiger partial charge in [0, 0.05) is 28.6 Å². The van der Waals surface area contributed by atoms with Crippen LogP contribution in [0.3, 0.4) is 0 Å². The van der Waals surface area contributed by atoms with Gasteiger partial charge < -0.3 is 5.11 Å². The van der Waals surface area contributed by atoms with Crippen molar-refractivity contribution < 1.29 is 13.9 Å². The lowest BCUT2D eigenvalue weighted by Crippen LogP contribution is -2.46. The van der Waals surface area contributed by atoms with Crippen molar-refractivity contribution in [2.24, 2.45) is 5.92 Å². The molecule has 0 radical (unpaired) electrons. The smallest absolute Gasteiger partial charge is 0.266 e. The third-order valence-corrected chi connectivity index (χ3v) is 2.53. The molecule has 0 saturated carbocycles. The lowest BCUT2D eigenvalue weighted by molar-refractivity contribution is -0.105. The van der Waals surface area contributed by atoms with E-state index in [4.69, 9.17) is 5.11 Å². The molecule has 0 aromatic carbocycles. The molecule has 1 unspecified atom stereocenters. The van der Waals surface area contributed by atoms with Crippen LogP contribution in [-0.2, 0) is 0 Å². The van der Waals surface area contributed by atoms with Gasteiger partial charge in [0.05, 0.1) is 13.2 Å². The van der Waals surface area contributed by atoms with Gasteiger partial charge in [0.2, 0.25) is 0 Å². The summed E-state index contributed by atoms with van der Waals surface area (Å²) >= 11 is 2.99. The van der Waals surface area contributed by atoms with Gasteiger partial charge >= 0.3 is 0 Å². The van der Waals surface area contributed by atoms with Crippen molar-refractivity contribution in [2.45, 2.75) is 12.3 Å². The van der Waals surface area contributed by atoms with Crippen LogP contribution < -0.4 is 0 Å². The molecule has 0 aromatic heterocycles. The van der Waals surface area contributed by atoms with Crippen LogP contribution in [0.5, 0.6) is 0 Å². The zero-order valence-corrected chi connectivity index (χ0v) is 7.52. The maximum atomic E-state index is 12.9. The van der Waals surface area contributed by atoms with Crippen molar-refractivity contribution in [1.82, 2.24) is 3.93 Å². The van der Waals surface area contributed by atoms with Crippen LogP contribution in [0.15, 0.2) is 0 Å². The SMILES string of the molecule is OCC1CCN(Br)CC1(F)F. The highest BCUT2D eigenvalue weighted by molar-refractivity contribution is 9.07. The Labute approximate surface area is 72.5 Å². The molecule has 1 aliphatic heterocycles. The average Bonchev–Trinajstić information content (AvgIpc) is 1.85. The molecular formula is C6H10BrF2NO. The van der Waals surface area contributed by atoms with Gasteiger partial charge in [-0.05, 0) is 6.42 Å². The summed E-state index contributed by atoms with van der Waals surface area (Å²) in [7, 11) is 0.